The van der Waals surface area contributed by atoms with Crippen LogP contribution in [0.4, 0.5) is 0 Å². The van der Waals surface area contributed by atoms with Crippen LogP contribution in [0, 0.1) is 0 Å². The zero-order valence-electron chi connectivity index (χ0n) is 13.1. The maximum absolute atomic E-state index is 10.7. The largest absolute Gasteiger partial charge is 0.486 e. The molecule has 1 fully saturated rings. The van der Waals surface area contributed by atoms with Gasteiger partial charge in [-0.3, -0.25) is 9.69 Å². The number of ether oxygens (including phenoxy) is 2. The van der Waals surface area contributed by atoms with Crippen molar-refractivity contribution >= 4 is 17.6 Å². The minimum Gasteiger partial charge on any atom is -0.486 e. The molecular formula is C16H21ClN2O4. The van der Waals surface area contributed by atoms with Crippen LogP contribution in [0.15, 0.2) is 12.1 Å². The molecule has 7 heteroatoms. The van der Waals surface area contributed by atoms with Crippen molar-refractivity contribution in [3.63, 3.8) is 0 Å². The number of fused-ring (bicyclic) bond motifs is 1. The number of likely N-dealkylation sites (tertiary alicyclic amines) is 1. The van der Waals surface area contributed by atoms with Gasteiger partial charge in [0.05, 0.1) is 11.6 Å². The number of carboxylic acid groups (broad SMARTS) is 1. The fraction of sp³-hybridized carbons (Fsp3) is 0.562. The molecule has 126 valence electrons. The maximum atomic E-state index is 10.7. The Labute approximate surface area is 140 Å². The zero-order chi connectivity index (χ0) is 16.4. The smallest absolute Gasteiger partial charge is 0.317 e. The third-order valence-corrected chi connectivity index (χ3v) is 4.56. The Bertz CT molecular complexity index is 610. The first-order valence-corrected chi connectivity index (χ1v) is 8.10. The summed E-state index contributed by atoms with van der Waals surface area (Å²) in [4.78, 5) is 13.0. The van der Waals surface area contributed by atoms with Crippen molar-refractivity contribution in [2.45, 2.75) is 25.4 Å². The highest BCUT2D eigenvalue weighted by atomic mass is 35.5. The Kier molecular flexibility index (Phi) is 4.66. The number of carboxylic acids is 1. The Morgan fingerprint density at radius 3 is 3.00 bits per heavy atom. The molecule has 2 heterocycles. The molecule has 0 aromatic heterocycles. The predicted molar refractivity (Wildman–Crippen MR) is 86.4 cm³/mol. The van der Waals surface area contributed by atoms with E-state index >= 15 is 0 Å². The lowest BCUT2D eigenvalue weighted by Crippen LogP contribution is -2.46. The second-order valence-corrected chi connectivity index (χ2v) is 6.78. The quantitative estimate of drug-likeness (QED) is 0.851. The number of hydrogen-bond acceptors (Lipinski definition) is 5. The van der Waals surface area contributed by atoms with Crippen LogP contribution in [0.25, 0.3) is 0 Å². The number of rotatable bonds is 5. The normalized spacial score (nSPS) is 23.9. The molecule has 23 heavy (non-hydrogen) atoms. The van der Waals surface area contributed by atoms with Crippen LogP contribution in [0.5, 0.6) is 11.5 Å². The van der Waals surface area contributed by atoms with Crippen LogP contribution < -0.4 is 14.8 Å². The molecule has 0 bridgehead atoms. The average molecular weight is 341 g/mol. The molecule has 2 aliphatic rings. The second-order valence-electron chi connectivity index (χ2n) is 6.37. The van der Waals surface area contributed by atoms with Gasteiger partial charge in [0.2, 0.25) is 0 Å². The van der Waals surface area contributed by atoms with E-state index in [-0.39, 0.29) is 12.1 Å². The van der Waals surface area contributed by atoms with E-state index in [4.69, 9.17) is 26.2 Å². The molecule has 1 aromatic carbocycles. The van der Waals surface area contributed by atoms with E-state index in [1.165, 1.54) is 0 Å². The van der Waals surface area contributed by atoms with Gasteiger partial charge in [-0.1, -0.05) is 11.6 Å². The van der Waals surface area contributed by atoms with Crippen molar-refractivity contribution in [2.24, 2.45) is 0 Å². The number of benzene rings is 1. The summed E-state index contributed by atoms with van der Waals surface area (Å²) in [5.41, 5.74) is 0.900. The molecule has 1 aromatic rings. The molecule has 1 atom stereocenters. The summed E-state index contributed by atoms with van der Waals surface area (Å²) in [5.74, 6) is 0.490. The molecule has 0 unspecified atom stereocenters. The van der Waals surface area contributed by atoms with E-state index in [9.17, 15) is 4.79 Å². The van der Waals surface area contributed by atoms with Gasteiger partial charge in [-0.25, -0.2) is 0 Å². The lowest BCUT2D eigenvalue weighted by atomic mass is 10.0. The SMILES string of the molecule is C[C@@]1(NCC(=O)O)CCN(Cc2cc(Cl)c3c(c2)OCCO3)C1. The highest BCUT2D eigenvalue weighted by Gasteiger charge is 2.33. The first-order chi connectivity index (χ1) is 11.0. The van der Waals surface area contributed by atoms with E-state index in [1.807, 2.05) is 12.1 Å². The minimum atomic E-state index is -0.830. The van der Waals surface area contributed by atoms with Crippen molar-refractivity contribution in [2.75, 3.05) is 32.8 Å². The molecular weight excluding hydrogens is 320 g/mol. The molecule has 0 saturated carbocycles. The van der Waals surface area contributed by atoms with Crippen molar-refractivity contribution in [3.8, 4) is 11.5 Å². The van der Waals surface area contributed by atoms with E-state index in [0.29, 0.717) is 29.7 Å². The molecule has 0 amide bonds. The van der Waals surface area contributed by atoms with Gasteiger partial charge in [-0.2, -0.15) is 0 Å². The van der Waals surface area contributed by atoms with Crippen molar-refractivity contribution in [1.29, 1.82) is 0 Å². The average Bonchev–Trinajstić information content (AvgIpc) is 2.87. The summed E-state index contributed by atoms with van der Waals surface area (Å²) in [7, 11) is 0. The van der Waals surface area contributed by atoms with Gasteiger partial charge >= 0.3 is 5.97 Å². The van der Waals surface area contributed by atoms with Gasteiger partial charge in [-0.15, -0.1) is 0 Å². The molecule has 6 nitrogen and oxygen atoms in total. The Morgan fingerprint density at radius 2 is 2.22 bits per heavy atom. The summed E-state index contributed by atoms with van der Waals surface area (Å²) in [6.45, 7) is 5.56. The van der Waals surface area contributed by atoms with Gasteiger partial charge in [0.25, 0.3) is 0 Å². The van der Waals surface area contributed by atoms with Crippen LogP contribution in [0.3, 0.4) is 0 Å². The lowest BCUT2D eigenvalue weighted by molar-refractivity contribution is -0.136. The molecule has 1 saturated heterocycles. The van der Waals surface area contributed by atoms with E-state index < -0.39 is 5.97 Å². The molecule has 2 aliphatic heterocycles. The highest BCUT2D eigenvalue weighted by molar-refractivity contribution is 6.32. The van der Waals surface area contributed by atoms with Crippen molar-refractivity contribution in [3.05, 3.63) is 22.7 Å². The van der Waals surface area contributed by atoms with Crippen LogP contribution in [0.2, 0.25) is 5.02 Å². The minimum absolute atomic E-state index is 0.0137. The lowest BCUT2D eigenvalue weighted by Gasteiger charge is -2.26. The van der Waals surface area contributed by atoms with Crippen LogP contribution in [0.1, 0.15) is 18.9 Å². The van der Waals surface area contributed by atoms with E-state index in [2.05, 4.69) is 17.1 Å². The van der Waals surface area contributed by atoms with Gasteiger partial charge < -0.3 is 19.9 Å². The monoisotopic (exact) mass is 340 g/mol. The number of nitrogens with zero attached hydrogens (tertiary/aromatic N) is 1. The Morgan fingerprint density at radius 1 is 1.43 bits per heavy atom. The van der Waals surface area contributed by atoms with Crippen LogP contribution in [-0.4, -0.2) is 54.4 Å². The molecule has 0 aliphatic carbocycles. The fourth-order valence-electron chi connectivity index (χ4n) is 3.14. The molecule has 3 rings (SSSR count). The Balaban J connectivity index is 1.64. The van der Waals surface area contributed by atoms with Gasteiger partial charge in [0, 0.05) is 25.2 Å². The molecule has 0 spiro atoms. The van der Waals surface area contributed by atoms with Gasteiger partial charge in [0.1, 0.15) is 13.2 Å². The van der Waals surface area contributed by atoms with Crippen molar-refractivity contribution in [1.82, 2.24) is 10.2 Å². The molecule has 2 N–H and O–H groups in total. The van der Waals surface area contributed by atoms with Crippen LogP contribution >= 0.6 is 11.6 Å². The third kappa shape index (κ3) is 3.88. The first kappa shape index (κ1) is 16.4. The third-order valence-electron chi connectivity index (χ3n) is 4.28. The summed E-state index contributed by atoms with van der Waals surface area (Å²) < 4.78 is 11.1. The number of aliphatic carboxylic acids is 1. The summed E-state index contributed by atoms with van der Waals surface area (Å²) in [6.07, 6.45) is 0.915. The number of nitrogens with one attached hydrogen (secondary N) is 1. The first-order valence-electron chi connectivity index (χ1n) is 7.72. The number of halogens is 1. The maximum Gasteiger partial charge on any atom is 0.317 e. The van der Waals surface area contributed by atoms with Gasteiger partial charge in [-0.05, 0) is 31.0 Å². The van der Waals surface area contributed by atoms with Crippen LogP contribution in [-0.2, 0) is 11.3 Å². The van der Waals surface area contributed by atoms with Gasteiger partial charge in [0.15, 0.2) is 11.5 Å². The second kappa shape index (κ2) is 6.55. The number of carbonyl (C=O) groups is 1. The molecule has 0 radical (unpaired) electrons. The number of hydrogen-bond donors (Lipinski definition) is 2. The zero-order valence-corrected chi connectivity index (χ0v) is 13.9. The van der Waals surface area contributed by atoms with E-state index in [0.717, 1.165) is 31.6 Å². The fourth-order valence-corrected chi connectivity index (χ4v) is 3.43. The van der Waals surface area contributed by atoms with E-state index in [1.54, 1.807) is 0 Å². The predicted octanol–water partition coefficient (Wildman–Crippen LogP) is 1.75. The standard InChI is InChI=1S/C16H21ClN2O4/c1-16(18-8-14(20)21)2-3-19(10-16)9-11-6-12(17)15-13(7-11)22-4-5-23-15/h6-7,18H,2-5,8-10H2,1H3,(H,20,21)/t16-/m1/s1. The van der Waals surface area contributed by atoms with Crippen molar-refractivity contribution < 1.29 is 19.4 Å². The summed E-state index contributed by atoms with van der Waals surface area (Å²) in [5, 5.41) is 12.5. The highest BCUT2D eigenvalue weighted by Crippen LogP contribution is 2.38. The topological polar surface area (TPSA) is 71.0 Å². The summed E-state index contributed by atoms with van der Waals surface area (Å²) >= 11 is 6.27. The summed E-state index contributed by atoms with van der Waals surface area (Å²) in [6, 6.07) is 3.89. The Hall–Kier alpha value is -1.50.